The Morgan fingerprint density at radius 3 is 3.12 bits per heavy atom. The van der Waals surface area contributed by atoms with Gasteiger partial charge >= 0.3 is 0 Å². The van der Waals surface area contributed by atoms with Crippen molar-refractivity contribution in [3.63, 3.8) is 0 Å². The summed E-state index contributed by atoms with van der Waals surface area (Å²) in [5, 5.41) is 5.29. The zero-order valence-electron chi connectivity index (χ0n) is 10.0. The van der Waals surface area contributed by atoms with E-state index in [0.717, 1.165) is 24.4 Å². The second-order valence-electron chi connectivity index (χ2n) is 4.72. The molecule has 1 aromatic heterocycles. The zero-order chi connectivity index (χ0) is 12.3. The highest BCUT2D eigenvalue weighted by Gasteiger charge is 2.23. The van der Waals surface area contributed by atoms with Gasteiger partial charge in [-0.2, -0.15) is 0 Å². The third kappa shape index (κ3) is 3.54. The number of thiophene rings is 1. The smallest absolute Gasteiger partial charge is 0.165 e. The van der Waals surface area contributed by atoms with E-state index in [1.165, 1.54) is 24.2 Å². The number of halogens is 1. The maximum Gasteiger partial charge on any atom is 0.165 e. The zero-order valence-corrected chi connectivity index (χ0v) is 11.6. The molecule has 2 unspecified atom stereocenters. The second-order valence-corrected chi connectivity index (χ2v) is 6.26. The van der Waals surface area contributed by atoms with Crippen LogP contribution in [-0.2, 0) is 0 Å². The number of rotatable bonds is 4. The molecule has 0 saturated carbocycles. The molecular weight excluding hydrogens is 254 g/mol. The number of carbonyl (C=O) groups is 1. The van der Waals surface area contributed by atoms with E-state index in [9.17, 15) is 4.79 Å². The molecular formula is C13H18ClNOS. The Balaban J connectivity index is 1.90. The van der Waals surface area contributed by atoms with Crippen LogP contribution in [0.5, 0.6) is 0 Å². The molecule has 1 N–H and O–H groups in total. The van der Waals surface area contributed by atoms with Crippen molar-refractivity contribution in [1.82, 2.24) is 5.32 Å². The third-order valence-electron chi connectivity index (χ3n) is 3.50. The van der Waals surface area contributed by atoms with Crippen LogP contribution in [-0.4, -0.2) is 18.4 Å². The lowest BCUT2D eigenvalue weighted by Gasteiger charge is -2.29. The number of nitrogens with one attached hydrogen (secondary N) is 1. The van der Waals surface area contributed by atoms with Crippen molar-refractivity contribution in [3.05, 3.63) is 21.3 Å². The number of ketones is 1. The Morgan fingerprint density at radius 1 is 1.65 bits per heavy atom. The van der Waals surface area contributed by atoms with Gasteiger partial charge in [-0.05, 0) is 31.4 Å². The monoisotopic (exact) mass is 271 g/mol. The Bertz CT molecular complexity index is 391. The molecule has 4 heteroatoms. The van der Waals surface area contributed by atoms with Crippen molar-refractivity contribution in [1.29, 1.82) is 0 Å². The minimum Gasteiger partial charge on any atom is -0.314 e. The lowest BCUT2D eigenvalue weighted by molar-refractivity contribution is 0.0957. The summed E-state index contributed by atoms with van der Waals surface area (Å²) in [6.07, 6.45) is 4.19. The molecule has 0 radical (unpaired) electrons. The Hall–Kier alpha value is -0.380. The van der Waals surface area contributed by atoms with Crippen LogP contribution in [0.1, 0.15) is 43.0 Å². The maximum absolute atomic E-state index is 12.0. The fourth-order valence-corrected chi connectivity index (χ4v) is 3.30. The predicted molar refractivity (Wildman–Crippen MR) is 73.1 cm³/mol. The van der Waals surface area contributed by atoms with Crippen molar-refractivity contribution in [3.8, 4) is 0 Å². The molecule has 2 rings (SSSR count). The number of hydrogen-bond acceptors (Lipinski definition) is 3. The average Bonchev–Trinajstić information content (AvgIpc) is 2.76. The van der Waals surface area contributed by atoms with Crippen LogP contribution < -0.4 is 5.32 Å². The first kappa shape index (κ1) is 13.1. The first-order chi connectivity index (χ1) is 8.19. The van der Waals surface area contributed by atoms with Crippen molar-refractivity contribution in [2.45, 2.75) is 38.6 Å². The van der Waals surface area contributed by atoms with Crippen molar-refractivity contribution in [2.75, 3.05) is 6.54 Å². The molecule has 0 aliphatic carbocycles. The van der Waals surface area contributed by atoms with Crippen molar-refractivity contribution < 1.29 is 4.79 Å². The van der Waals surface area contributed by atoms with Gasteiger partial charge in [0.15, 0.2) is 5.78 Å². The molecule has 2 atom stereocenters. The molecule has 17 heavy (non-hydrogen) atoms. The van der Waals surface area contributed by atoms with E-state index in [2.05, 4.69) is 12.2 Å². The SMILES string of the molecule is CCC1CCNC(CC(=O)c2csc(Cl)c2)C1. The Labute approximate surface area is 111 Å². The standard InChI is InChI=1S/C13H18ClNOS/c1-2-9-3-4-15-11(5-9)7-12(16)10-6-13(14)17-8-10/h6,8-9,11,15H,2-5,7H2,1H3. The first-order valence-corrected chi connectivity index (χ1v) is 7.45. The number of hydrogen-bond donors (Lipinski definition) is 1. The topological polar surface area (TPSA) is 29.1 Å². The molecule has 1 saturated heterocycles. The summed E-state index contributed by atoms with van der Waals surface area (Å²) in [5.74, 6) is 0.988. The minimum atomic E-state index is 0.211. The highest BCUT2D eigenvalue weighted by Crippen LogP contribution is 2.24. The van der Waals surface area contributed by atoms with Gasteiger partial charge in [-0.25, -0.2) is 0 Å². The summed E-state index contributed by atoms with van der Waals surface area (Å²) in [6, 6.07) is 2.12. The molecule has 2 nitrogen and oxygen atoms in total. The van der Waals surface area contributed by atoms with E-state index in [-0.39, 0.29) is 5.78 Å². The van der Waals surface area contributed by atoms with E-state index < -0.39 is 0 Å². The minimum absolute atomic E-state index is 0.211. The van der Waals surface area contributed by atoms with Gasteiger partial charge in [0.25, 0.3) is 0 Å². The van der Waals surface area contributed by atoms with Gasteiger partial charge in [0.05, 0.1) is 4.34 Å². The third-order valence-corrected chi connectivity index (χ3v) is 4.59. The predicted octanol–water partition coefficient (Wildman–Crippen LogP) is 3.75. The summed E-state index contributed by atoms with van der Waals surface area (Å²) < 4.78 is 0.691. The molecule has 0 spiro atoms. The van der Waals surface area contributed by atoms with Crippen LogP contribution in [0.2, 0.25) is 4.34 Å². The first-order valence-electron chi connectivity index (χ1n) is 6.19. The largest absolute Gasteiger partial charge is 0.314 e. The molecule has 0 aromatic carbocycles. The van der Waals surface area contributed by atoms with Crippen LogP contribution in [0.4, 0.5) is 0 Å². The molecule has 0 bridgehead atoms. The Kier molecular flexibility index (Phi) is 4.60. The molecule has 1 aliphatic rings. The maximum atomic E-state index is 12.0. The number of Topliss-reactive ketones (excluding diaryl/α,β-unsaturated/α-hetero) is 1. The quantitative estimate of drug-likeness (QED) is 0.845. The fraction of sp³-hybridized carbons (Fsp3) is 0.615. The van der Waals surface area contributed by atoms with Gasteiger partial charge in [0.2, 0.25) is 0 Å². The summed E-state index contributed by atoms with van der Waals surface area (Å²) in [6.45, 7) is 3.27. The molecule has 0 amide bonds. The average molecular weight is 272 g/mol. The van der Waals surface area contributed by atoms with Crippen LogP contribution in [0.3, 0.4) is 0 Å². The van der Waals surface area contributed by atoms with Gasteiger partial charge in [-0.1, -0.05) is 24.9 Å². The number of piperidine rings is 1. The van der Waals surface area contributed by atoms with E-state index in [1.807, 2.05) is 5.38 Å². The fourth-order valence-electron chi connectivity index (χ4n) is 2.42. The van der Waals surface area contributed by atoms with Crippen LogP contribution in [0.15, 0.2) is 11.4 Å². The van der Waals surface area contributed by atoms with Crippen molar-refractivity contribution in [2.24, 2.45) is 5.92 Å². The molecule has 1 aromatic rings. The van der Waals surface area contributed by atoms with Gasteiger partial charge in [0.1, 0.15) is 0 Å². The Morgan fingerprint density at radius 2 is 2.47 bits per heavy atom. The lowest BCUT2D eigenvalue weighted by atomic mass is 9.88. The summed E-state index contributed by atoms with van der Waals surface area (Å²) in [5.41, 5.74) is 0.764. The molecule has 94 valence electrons. The van der Waals surface area contributed by atoms with Gasteiger partial charge in [-0.3, -0.25) is 4.79 Å². The van der Waals surface area contributed by atoms with Gasteiger partial charge in [-0.15, -0.1) is 11.3 Å². The van der Waals surface area contributed by atoms with Gasteiger partial charge in [0, 0.05) is 23.4 Å². The van der Waals surface area contributed by atoms with Crippen LogP contribution in [0, 0.1) is 5.92 Å². The summed E-state index contributed by atoms with van der Waals surface area (Å²) >= 11 is 7.27. The van der Waals surface area contributed by atoms with Crippen molar-refractivity contribution >= 4 is 28.7 Å². The van der Waals surface area contributed by atoms with E-state index in [4.69, 9.17) is 11.6 Å². The molecule has 1 fully saturated rings. The highest BCUT2D eigenvalue weighted by atomic mass is 35.5. The molecule has 2 heterocycles. The van der Waals surface area contributed by atoms with Crippen LogP contribution >= 0.6 is 22.9 Å². The summed E-state index contributed by atoms with van der Waals surface area (Å²) in [4.78, 5) is 12.0. The second kappa shape index (κ2) is 5.98. The summed E-state index contributed by atoms with van der Waals surface area (Å²) in [7, 11) is 0. The lowest BCUT2D eigenvalue weighted by Crippen LogP contribution is -2.39. The van der Waals surface area contributed by atoms with Gasteiger partial charge < -0.3 is 5.32 Å². The normalized spacial score (nSPS) is 24.8. The molecule has 1 aliphatic heterocycles. The van der Waals surface area contributed by atoms with E-state index in [0.29, 0.717) is 16.8 Å². The van der Waals surface area contributed by atoms with E-state index >= 15 is 0 Å². The van der Waals surface area contributed by atoms with Crippen LogP contribution in [0.25, 0.3) is 0 Å². The number of carbonyl (C=O) groups excluding carboxylic acids is 1. The highest BCUT2D eigenvalue weighted by molar-refractivity contribution is 7.14. The van der Waals surface area contributed by atoms with E-state index in [1.54, 1.807) is 6.07 Å².